The number of hydrogen-bond acceptors (Lipinski definition) is 3. The molecule has 3 rings (SSSR count). The first-order valence-corrected chi connectivity index (χ1v) is 10.2. The average Bonchev–Trinajstić information content (AvgIpc) is 2.82. The molecule has 3 aromatic carbocycles. The third-order valence-electron chi connectivity index (χ3n) is 4.67. The highest BCUT2D eigenvalue weighted by Crippen LogP contribution is 2.26. The topological polar surface area (TPSA) is 78.5 Å². The van der Waals surface area contributed by atoms with Gasteiger partial charge in [-0.2, -0.15) is 0 Å². The number of nitrogens with zero attached hydrogens (tertiary/aromatic N) is 1. The van der Waals surface area contributed by atoms with E-state index in [9.17, 15) is 14.4 Å². The van der Waals surface area contributed by atoms with Crippen LogP contribution < -0.4 is 15.8 Å². The number of anilines is 2. The minimum Gasteiger partial charge on any atom is -0.281 e. The number of hydrazine groups is 1. The number of para-hydroxylation sites is 2. The summed E-state index contributed by atoms with van der Waals surface area (Å²) in [5.41, 5.74) is 7.30. The number of nitrogens with one attached hydrogen (secondary N) is 2. The normalized spacial score (nSPS) is 10.2. The quantitative estimate of drug-likeness (QED) is 0.548. The van der Waals surface area contributed by atoms with Gasteiger partial charge in [0.05, 0.1) is 0 Å². The van der Waals surface area contributed by atoms with E-state index in [4.69, 9.17) is 0 Å². The Morgan fingerprint density at radius 2 is 1.03 bits per heavy atom. The van der Waals surface area contributed by atoms with Gasteiger partial charge in [-0.1, -0.05) is 66.7 Å². The maximum atomic E-state index is 12.9. The second-order valence-corrected chi connectivity index (χ2v) is 6.98. The summed E-state index contributed by atoms with van der Waals surface area (Å²) in [4.78, 5) is 38.6. The van der Waals surface area contributed by atoms with E-state index in [1.165, 1.54) is 0 Å². The van der Waals surface area contributed by atoms with Crippen molar-refractivity contribution in [2.45, 2.75) is 25.7 Å². The minimum absolute atomic E-state index is 0.00943. The minimum atomic E-state index is -0.414. The number of carbonyl (C=O) groups is 3. The number of rotatable bonds is 8. The average molecular weight is 415 g/mol. The lowest BCUT2D eigenvalue weighted by Gasteiger charge is -2.23. The van der Waals surface area contributed by atoms with Crippen LogP contribution in [-0.2, 0) is 20.8 Å². The van der Waals surface area contributed by atoms with Gasteiger partial charge >= 0.3 is 0 Å². The maximum absolute atomic E-state index is 12.9. The highest BCUT2D eigenvalue weighted by molar-refractivity contribution is 6.01. The summed E-state index contributed by atoms with van der Waals surface area (Å²) in [6.07, 6.45) is 0.826. The molecular formula is C25H25N3O3. The fraction of sp³-hybridized carbons (Fsp3) is 0.160. The Labute approximate surface area is 181 Å². The van der Waals surface area contributed by atoms with Gasteiger partial charge in [-0.05, 0) is 36.2 Å². The number of hydrogen-bond donors (Lipinski definition) is 2. The Balaban J connectivity index is 1.49. The monoisotopic (exact) mass is 415 g/mol. The van der Waals surface area contributed by atoms with Crippen LogP contribution in [0.15, 0.2) is 91.0 Å². The van der Waals surface area contributed by atoms with Gasteiger partial charge in [0.1, 0.15) is 0 Å². The van der Waals surface area contributed by atoms with E-state index >= 15 is 0 Å². The zero-order valence-corrected chi connectivity index (χ0v) is 17.2. The number of carbonyl (C=O) groups excluding carboxylic acids is 3. The Morgan fingerprint density at radius 1 is 0.581 bits per heavy atom. The molecule has 0 fully saturated rings. The molecule has 0 spiro atoms. The molecule has 0 aliphatic rings. The molecule has 0 aromatic heterocycles. The van der Waals surface area contributed by atoms with Crippen molar-refractivity contribution in [1.82, 2.24) is 10.9 Å². The van der Waals surface area contributed by atoms with Gasteiger partial charge in [-0.15, -0.1) is 0 Å². The Morgan fingerprint density at radius 3 is 1.55 bits per heavy atom. The van der Waals surface area contributed by atoms with Gasteiger partial charge in [0.25, 0.3) is 0 Å². The molecule has 0 atom stereocenters. The van der Waals surface area contributed by atoms with Crippen molar-refractivity contribution in [3.63, 3.8) is 0 Å². The number of benzene rings is 3. The molecule has 2 N–H and O–H groups in total. The van der Waals surface area contributed by atoms with Crippen LogP contribution in [0.1, 0.15) is 24.8 Å². The van der Waals surface area contributed by atoms with Crippen molar-refractivity contribution in [3.8, 4) is 0 Å². The Kier molecular flexibility index (Phi) is 7.94. The molecule has 3 amide bonds. The van der Waals surface area contributed by atoms with Crippen LogP contribution in [0.25, 0.3) is 0 Å². The van der Waals surface area contributed by atoms with E-state index < -0.39 is 5.91 Å². The second-order valence-electron chi connectivity index (χ2n) is 6.98. The van der Waals surface area contributed by atoms with Crippen molar-refractivity contribution >= 4 is 29.1 Å². The second kappa shape index (κ2) is 11.3. The van der Waals surface area contributed by atoms with E-state index in [1.54, 1.807) is 4.90 Å². The van der Waals surface area contributed by atoms with Crippen LogP contribution in [0.3, 0.4) is 0 Å². The van der Waals surface area contributed by atoms with Crippen molar-refractivity contribution in [1.29, 1.82) is 0 Å². The van der Waals surface area contributed by atoms with Crippen LogP contribution in [0.2, 0.25) is 0 Å². The molecule has 6 nitrogen and oxygen atoms in total. The summed E-state index contributed by atoms with van der Waals surface area (Å²) >= 11 is 0. The van der Waals surface area contributed by atoms with Crippen LogP contribution in [0.5, 0.6) is 0 Å². The molecule has 0 aliphatic heterocycles. The van der Waals surface area contributed by atoms with Crippen molar-refractivity contribution in [2.24, 2.45) is 0 Å². The lowest BCUT2D eigenvalue weighted by Crippen LogP contribution is -2.42. The van der Waals surface area contributed by atoms with Gasteiger partial charge in [-0.3, -0.25) is 30.1 Å². The number of aryl methyl sites for hydroxylation is 1. The fourth-order valence-electron chi connectivity index (χ4n) is 3.09. The van der Waals surface area contributed by atoms with Crippen molar-refractivity contribution in [3.05, 3.63) is 96.6 Å². The third-order valence-corrected chi connectivity index (χ3v) is 4.67. The van der Waals surface area contributed by atoms with Crippen molar-refractivity contribution in [2.75, 3.05) is 4.90 Å². The van der Waals surface area contributed by atoms with Crippen molar-refractivity contribution < 1.29 is 14.4 Å². The van der Waals surface area contributed by atoms with Crippen LogP contribution in [0.4, 0.5) is 11.4 Å². The SMILES string of the molecule is O=C(CCC(=O)N(c1ccccc1)c1ccccc1)NNC(=O)CCc1ccccc1. The summed E-state index contributed by atoms with van der Waals surface area (Å²) in [6.45, 7) is 0. The molecule has 0 unspecified atom stereocenters. The first-order valence-electron chi connectivity index (χ1n) is 10.2. The molecule has 0 aliphatic carbocycles. The van der Waals surface area contributed by atoms with Gasteiger partial charge in [0.15, 0.2) is 0 Å². The van der Waals surface area contributed by atoms with Gasteiger partial charge in [0.2, 0.25) is 17.7 Å². The van der Waals surface area contributed by atoms with Crippen LogP contribution in [0, 0.1) is 0 Å². The number of amides is 3. The van der Waals surface area contributed by atoms with Crippen LogP contribution in [-0.4, -0.2) is 17.7 Å². The predicted molar refractivity (Wildman–Crippen MR) is 120 cm³/mol. The van der Waals surface area contributed by atoms with Crippen LogP contribution >= 0.6 is 0 Å². The first kappa shape index (κ1) is 21.8. The third kappa shape index (κ3) is 6.82. The summed E-state index contributed by atoms with van der Waals surface area (Å²) < 4.78 is 0. The molecule has 6 heteroatoms. The zero-order valence-electron chi connectivity index (χ0n) is 17.2. The highest BCUT2D eigenvalue weighted by atomic mass is 16.2. The molecule has 31 heavy (non-hydrogen) atoms. The van der Waals surface area contributed by atoms with E-state index in [1.807, 2.05) is 91.0 Å². The van der Waals surface area contributed by atoms with E-state index in [0.717, 1.165) is 16.9 Å². The molecule has 0 heterocycles. The maximum Gasteiger partial charge on any atom is 0.238 e. The zero-order chi connectivity index (χ0) is 21.9. The van der Waals surface area contributed by atoms with E-state index in [0.29, 0.717) is 6.42 Å². The lowest BCUT2D eigenvalue weighted by molar-refractivity contribution is -0.129. The molecular weight excluding hydrogens is 390 g/mol. The van der Waals surface area contributed by atoms with Gasteiger partial charge in [0, 0.05) is 30.6 Å². The predicted octanol–water partition coefficient (Wildman–Crippen LogP) is 3.91. The summed E-state index contributed by atoms with van der Waals surface area (Å²) in [6, 6.07) is 28.2. The molecule has 3 aromatic rings. The Bertz CT molecular complexity index is 953. The van der Waals surface area contributed by atoms with E-state index in [-0.39, 0.29) is 31.1 Å². The largest absolute Gasteiger partial charge is 0.281 e. The Hall–Kier alpha value is -3.93. The fourth-order valence-corrected chi connectivity index (χ4v) is 3.09. The molecule has 0 radical (unpaired) electrons. The summed E-state index contributed by atoms with van der Waals surface area (Å²) in [5.74, 6) is -0.899. The highest BCUT2D eigenvalue weighted by Gasteiger charge is 2.18. The standard InChI is InChI=1S/C25H25N3O3/c29-23(17-16-20-10-4-1-5-11-20)26-27-24(30)18-19-25(31)28(21-12-6-2-7-13-21)22-14-8-3-9-15-22/h1-15H,16-19H2,(H,26,29)(H,27,30). The molecule has 0 saturated carbocycles. The summed E-state index contributed by atoms with van der Waals surface area (Å²) in [5, 5.41) is 0. The molecule has 0 bridgehead atoms. The summed E-state index contributed by atoms with van der Waals surface area (Å²) in [7, 11) is 0. The molecule has 0 saturated heterocycles. The lowest BCUT2D eigenvalue weighted by atomic mass is 10.1. The van der Waals surface area contributed by atoms with E-state index in [2.05, 4.69) is 10.9 Å². The first-order chi connectivity index (χ1) is 15.1. The smallest absolute Gasteiger partial charge is 0.238 e. The molecule has 158 valence electrons. The van der Waals surface area contributed by atoms with Gasteiger partial charge in [-0.25, -0.2) is 0 Å². The van der Waals surface area contributed by atoms with Gasteiger partial charge < -0.3 is 0 Å².